The highest BCUT2D eigenvalue weighted by atomic mass is 16.3. The Bertz CT molecular complexity index is 805. The number of allylic oxidation sites excluding steroid dienone is 2. The third kappa shape index (κ3) is 1.53. The van der Waals surface area contributed by atoms with E-state index in [4.69, 9.17) is 0 Å². The molecule has 2 amide bonds. The maximum Gasteiger partial charge on any atom is 0.254 e. The van der Waals surface area contributed by atoms with Crippen molar-refractivity contribution in [1.82, 2.24) is 5.01 Å². The van der Waals surface area contributed by atoms with Crippen LogP contribution in [0.25, 0.3) is 0 Å². The predicted octanol–water partition coefficient (Wildman–Crippen LogP) is 1.63. The molecule has 1 spiro atoms. The van der Waals surface area contributed by atoms with Crippen LogP contribution in [0, 0.1) is 29.1 Å². The highest BCUT2D eigenvalue weighted by Crippen LogP contribution is 2.73. The van der Waals surface area contributed by atoms with E-state index in [1.54, 1.807) is 0 Å². The summed E-state index contributed by atoms with van der Waals surface area (Å²) in [6, 6.07) is 4.07. The van der Waals surface area contributed by atoms with E-state index in [0.29, 0.717) is 5.56 Å². The monoisotopic (exact) mass is 324 g/mol. The maximum absolute atomic E-state index is 12.7. The Morgan fingerprint density at radius 1 is 1.08 bits per heavy atom. The molecule has 1 saturated heterocycles. The molecule has 4 aliphatic rings. The lowest BCUT2D eigenvalue weighted by Gasteiger charge is -2.18. The molecule has 5 rings (SSSR count). The average molecular weight is 324 g/mol. The van der Waals surface area contributed by atoms with Gasteiger partial charge in [-0.05, 0) is 42.2 Å². The standard InChI is InChI=1S/C18H16N2O4/c21-10-2-1-9(13(22)7-10)8-19-20-16(23)14-11-3-4-12(15(14)17(20)24)18(11)5-6-18/h1-4,7-8,11-12,14-15,21-22H,5-6H2/b19-8-/t11-,12-,14-,15+/m0/s1. The molecular formula is C18H16N2O4. The molecule has 3 aliphatic carbocycles. The van der Waals surface area contributed by atoms with Crippen molar-refractivity contribution in [3.05, 3.63) is 35.9 Å². The lowest BCUT2D eigenvalue weighted by molar-refractivity contribution is -0.141. The van der Waals surface area contributed by atoms with Gasteiger partial charge in [0.25, 0.3) is 11.8 Å². The van der Waals surface area contributed by atoms with Gasteiger partial charge in [0.2, 0.25) is 0 Å². The van der Waals surface area contributed by atoms with Crippen LogP contribution in [-0.4, -0.2) is 33.3 Å². The van der Waals surface area contributed by atoms with Crippen LogP contribution in [0.2, 0.25) is 0 Å². The minimum atomic E-state index is -0.277. The smallest absolute Gasteiger partial charge is 0.254 e. The number of imide groups is 1. The molecule has 1 aromatic rings. The Labute approximate surface area is 138 Å². The fourth-order valence-corrected chi connectivity index (χ4v) is 4.94. The van der Waals surface area contributed by atoms with E-state index in [2.05, 4.69) is 17.3 Å². The van der Waals surface area contributed by atoms with E-state index in [0.717, 1.165) is 17.9 Å². The number of carbonyl (C=O) groups is 2. The van der Waals surface area contributed by atoms with Gasteiger partial charge >= 0.3 is 0 Å². The molecule has 2 N–H and O–H groups in total. The SMILES string of the molecule is O=C1[C@@H]2[C@H](C(=O)N1/N=C\c1ccc(O)cc1O)[C@@H]1C=C[C@@H]2C12CC2. The zero-order chi connectivity index (χ0) is 16.6. The topological polar surface area (TPSA) is 90.2 Å². The van der Waals surface area contributed by atoms with Crippen LogP contribution in [0.1, 0.15) is 18.4 Å². The van der Waals surface area contributed by atoms with Gasteiger partial charge in [-0.15, -0.1) is 0 Å². The molecule has 0 unspecified atom stereocenters. The molecule has 0 aromatic heterocycles. The Morgan fingerprint density at radius 2 is 1.71 bits per heavy atom. The van der Waals surface area contributed by atoms with Crippen molar-refractivity contribution < 1.29 is 19.8 Å². The molecule has 1 aliphatic heterocycles. The van der Waals surface area contributed by atoms with Crippen molar-refractivity contribution in [2.24, 2.45) is 34.2 Å². The number of fused-ring (bicyclic) bond motifs is 3. The number of nitrogens with zero attached hydrogens (tertiary/aromatic N) is 2. The molecule has 2 bridgehead atoms. The second-order valence-corrected chi connectivity index (χ2v) is 7.20. The largest absolute Gasteiger partial charge is 0.508 e. The van der Waals surface area contributed by atoms with Crippen molar-refractivity contribution in [3.8, 4) is 11.5 Å². The molecule has 24 heavy (non-hydrogen) atoms. The fraction of sp³-hybridized carbons (Fsp3) is 0.389. The maximum atomic E-state index is 12.7. The van der Waals surface area contributed by atoms with Crippen molar-refractivity contribution in [1.29, 1.82) is 0 Å². The summed E-state index contributed by atoms with van der Waals surface area (Å²) in [5, 5.41) is 24.1. The molecule has 0 radical (unpaired) electrons. The Balaban J connectivity index is 1.44. The first-order chi connectivity index (χ1) is 11.5. The Kier molecular flexibility index (Phi) is 2.44. The van der Waals surface area contributed by atoms with Crippen molar-refractivity contribution in [3.63, 3.8) is 0 Å². The molecule has 4 atom stereocenters. The minimum absolute atomic E-state index is 0.0649. The number of rotatable bonds is 2. The summed E-state index contributed by atoms with van der Waals surface area (Å²) in [5.41, 5.74) is 0.510. The van der Waals surface area contributed by atoms with Crippen molar-refractivity contribution in [2.45, 2.75) is 12.8 Å². The van der Waals surface area contributed by atoms with E-state index < -0.39 is 0 Å². The summed E-state index contributed by atoms with van der Waals surface area (Å²) >= 11 is 0. The van der Waals surface area contributed by atoms with Gasteiger partial charge in [-0.25, -0.2) is 0 Å². The van der Waals surface area contributed by atoms with Crippen LogP contribution >= 0.6 is 0 Å². The number of aromatic hydroxyl groups is 2. The zero-order valence-electron chi connectivity index (χ0n) is 12.8. The predicted molar refractivity (Wildman–Crippen MR) is 84.0 cm³/mol. The summed E-state index contributed by atoms with van der Waals surface area (Å²) in [7, 11) is 0. The number of hydrazone groups is 1. The van der Waals surface area contributed by atoms with E-state index in [1.165, 1.54) is 24.4 Å². The molecule has 122 valence electrons. The minimum Gasteiger partial charge on any atom is -0.508 e. The molecule has 6 nitrogen and oxygen atoms in total. The van der Waals surface area contributed by atoms with Crippen molar-refractivity contribution in [2.75, 3.05) is 0 Å². The molecule has 2 saturated carbocycles. The number of hydrogen-bond donors (Lipinski definition) is 2. The van der Waals surface area contributed by atoms with Gasteiger partial charge in [0.1, 0.15) is 11.5 Å². The summed E-state index contributed by atoms with van der Waals surface area (Å²) in [4.78, 5) is 25.4. The number of amides is 2. The van der Waals surface area contributed by atoms with Gasteiger partial charge in [0, 0.05) is 11.6 Å². The zero-order valence-corrected chi connectivity index (χ0v) is 12.8. The number of carbonyl (C=O) groups excluding carboxylic acids is 2. The number of hydrogen-bond acceptors (Lipinski definition) is 5. The quantitative estimate of drug-likeness (QED) is 0.491. The number of benzene rings is 1. The number of phenolic OH excluding ortho intramolecular Hbond substituents is 2. The Morgan fingerprint density at radius 3 is 2.25 bits per heavy atom. The highest BCUT2D eigenvalue weighted by Gasteiger charge is 2.73. The third-order valence-electron chi connectivity index (χ3n) is 6.16. The van der Waals surface area contributed by atoms with Crippen LogP contribution in [0.3, 0.4) is 0 Å². The van der Waals surface area contributed by atoms with Crippen LogP contribution in [0.15, 0.2) is 35.5 Å². The molecule has 1 aromatic carbocycles. The van der Waals surface area contributed by atoms with Gasteiger partial charge in [0.15, 0.2) is 0 Å². The van der Waals surface area contributed by atoms with E-state index in [-0.39, 0.29) is 52.4 Å². The van der Waals surface area contributed by atoms with Crippen LogP contribution in [-0.2, 0) is 9.59 Å². The molecule has 3 fully saturated rings. The van der Waals surface area contributed by atoms with Crippen LogP contribution in [0.5, 0.6) is 11.5 Å². The molecule has 6 heteroatoms. The van der Waals surface area contributed by atoms with E-state index in [1.807, 2.05) is 0 Å². The van der Waals surface area contributed by atoms with E-state index in [9.17, 15) is 19.8 Å². The van der Waals surface area contributed by atoms with E-state index >= 15 is 0 Å². The Hall–Kier alpha value is -2.63. The molecule has 1 heterocycles. The normalized spacial score (nSPS) is 34.8. The van der Waals surface area contributed by atoms with Gasteiger partial charge < -0.3 is 10.2 Å². The summed E-state index contributed by atoms with van der Waals surface area (Å²) in [6.45, 7) is 0. The third-order valence-corrected chi connectivity index (χ3v) is 6.16. The second kappa shape index (κ2) is 4.26. The van der Waals surface area contributed by atoms with Crippen LogP contribution in [0.4, 0.5) is 0 Å². The average Bonchev–Trinajstić information content (AvgIpc) is 3.15. The van der Waals surface area contributed by atoms with Gasteiger partial charge in [-0.2, -0.15) is 10.1 Å². The van der Waals surface area contributed by atoms with Gasteiger partial charge in [-0.3, -0.25) is 9.59 Å². The first-order valence-corrected chi connectivity index (χ1v) is 8.15. The fourth-order valence-electron chi connectivity index (χ4n) is 4.94. The van der Waals surface area contributed by atoms with Gasteiger partial charge in [0.05, 0.1) is 18.1 Å². The van der Waals surface area contributed by atoms with Crippen LogP contribution < -0.4 is 0 Å². The second-order valence-electron chi connectivity index (χ2n) is 7.20. The summed E-state index contributed by atoms with van der Waals surface area (Å²) in [5.74, 6) is -0.898. The van der Waals surface area contributed by atoms with Crippen molar-refractivity contribution >= 4 is 18.0 Å². The molecular weight excluding hydrogens is 308 g/mol. The lowest BCUT2D eigenvalue weighted by Crippen LogP contribution is -2.30. The lowest BCUT2D eigenvalue weighted by atomic mass is 9.85. The first-order valence-electron chi connectivity index (χ1n) is 8.15. The van der Waals surface area contributed by atoms with Gasteiger partial charge in [-0.1, -0.05) is 12.2 Å². The summed E-state index contributed by atoms with van der Waals surface area (Å²) < 4.78 is 0. The highest BCUT2D eigenvalue weighted by molar-refractivity contribution is 6.07. The summed E-state index contributed by atoms with van der Waals surface area (Å²) in [6.07, 6.45) is 7.72. The number of phenols is 2. The first kappa shape index (κ1) is 13.8.